The minimum Gasteiger partial charge on any atom is -0.469 e. The van der Waals surface area contributed by atoms with Crippen LogP contribution in [-0.2, 0) is 9.53 Å². The molecule has 4 fully saturated rings. The Bertz CT molecular complexity index is 680. The number of aliphatic hydroxyl groups excluding tert-OH is 1. The molecule has 0 aliphatic heterocycles. The molecule has 9 atom stereocenters. The number of methoxy groups -OCH3 is 1. The van der Waals surface area contributed by atoms with E-state index in [9.17, 15) is 9.90 Å². The van der Waals surface area contributed by atoms with Crippen LogP contribution in [-0.4, -0.2) is 24.3 Å². The van der Waals surface area contributed by atoms with E-state index < -0.39 is 0 Å². The minimum absolute atomic E-state index is 0.00145. The third kappa shape index (κ3) is 3.57. The van der Waals surface area contributed by atoms with Crippen molar-refractivity contribution in [3.05, 3.63) is 11.6 Å². The van der Waals surface area contributed by atoms with Gasteiger partial charge in [0.2, 0.25) is 0 Å². The Morgan fingerprint density at radius 3 is 2.43 bits per heavy atom. The molecule has 0 unspecified atom stereocenters. The Balaban J connectivity index is 1.57. The van der Waals surface area contributed by atoms with Crippen LogP contribution >= 0.6 is 0 Å². The van der Waals surface area contributed by atoms with E-state index in [0.717, 1.165) is 37.0 Å². The maximum atomic E-state index is 12.8. The van der Waals surface area contributed by atoms with Crippen molar-refractivity contribution in [1.29, 1.82) is 0 Å². The highest BCUT2D eigenvalue weighted by Gasteiger charge is 2.61. The van der Waals surface area contributed by atoms with Crippen LogP contribution in [0.3, 0.4) is 0 Å². The van der Waals surface area contributed by atoms with E-state index in [1.54, 1.807) is 7.11 Å². The molecule has 0 aromatic carbocycles. The average molecular weight is 417 g/mol. The third-order valence-electron chi connectivity index (χ3n) is 10.5. The summed E-state index contributed by atoms with van der Waals surface area (Å²) in [5.74, 6) is 3.55. The summed E-state index contributed by atoms with van der Waals surface area (Å²) >= 11 is 0. The minimum atomic E-state index is -0.0692. The topological polar surface area (TPSA) is 46.5 Å². The molecular formula is C27H44O3. The fraction of sp³-hybridized carbons (Fsp3) is 0.889. The number of hydrogen-bond donors (Lipinski definition) is 1. The summed E-state index contributed by atoms with van der Waals surface area (Å²) in [6, 6.07) is 0. The van der Waals surface area contributed by atoms with E-state index in [1.807, 2.05) is 0 Å². The molecule has 0 radical (unpaired) electrons. The Morgan fingerprint density at radius 2 is 1.73 bits per heavy atom. The zero-order valence-electron chi connectivity index (χ0n) is 20.0. The van der Waals surface area contributed by atoms with E-state index in [4.69, 9.17) is 4.74 Å². The monoisotopic (exact) mass is 416 g/mol. The summed E-state index contributed by atoms with van der Waals surface area (Å²) in [4.78, 5) is 12.8. The SMILES string of the molecule is COC(=O)[C@H](CC=C(C)C)[C@H]1CC[C@H]2[C@@H]3CC[C@H]4C[C@@H](O)CC[C@]4(C)[C@H]3CC[C@]12C. The molecule has 0 bridgehead atoms. The molecule has 4 aliphatic rings. The Kier molecular flexibility index (Phi) is 6.16. The molecule has 0 amide bonds. The molecule has 1 N–H and O–H groups in total. The molecule has 0 saturated heterocycles. The van der Waals surface area contributed by atoms with Crippen LogP contribution in [0.25, 0.3) is 0 Å². The van der Waals surface area contributed by atoms with Crippen molar-refractivity contribution in [2.75, 3.05) is 7.11 Å². The van der Waals surface area contributed by atoms with Crippen molar-refractivity contribution in [2.24, 2.45) is 46.3 Å². The average Bonchev–Trinajstić information content (AvgIpc) is 3.05. The van der Waals surface area contributed by atoms with Crippen LogP contribution in [0.15, 0.2) is 11.6 Å². The molecule has 0 aromatic heterocycles. The number of carbonyl (C=O) groups is 1. The number of allylic oxidation sites excluding steroid dienone is 2. The summed E-state index contributed by atoms with van der Waals surface area (Å²) in [6.07, 6.45) is 13.9. The molecule has 4 aliphatic carbocycles. The molecule has 3 heteroatoms. The first kappa shape index (κ1) is 22.4. The molecule has 30 heavy (non-hydrogen) atoms. The van der Waals surface area contributed by atoms with Crippen molar-refractivity contribution in [2.45, 2.75) is 98.0 Å². The molecule has 4 rings (SSSR count). The van der Waals surface area contributed by atoms with Gasteiger partial charge in [-0.2, -0.15) is 0 Å². The van der Waals surface area contributed by atoms with Crippen LogP contribution < -0.4 is 0 Å². The van der Waals surface area contributed by atoms with Gasteiger partial charge < -0.3 is 9.84 Å². The van der Waals surface area contributed by atoms with Crippen molar-refractivity contribution < 1.29 is 14.6 Å². The lowest BCUT2D eigenvalue weighted by Gasteiger charge is -2.61. The second kappa shape index (κ2) is 8.26. The van der Waals surface area contributed by atoms with Gasteiger partial charge in [-0.1, -0.05) is 25.5 Å². The first-order valence-corrected chi connectivity index (χ1v) is 12.6. The van der Waals surface area contributed by atoms with Gasteiger partial charge in [0.05, 0.1) is 19.1 Å². The smallest absolute Gasteiger partial charge is 0.309 e. The lowest BCUT2D eigenvalue weighted by molar-refractivity contribution is -0.153. The summed E-state index contributed by atoms with van der Waals surface area (Å²) in [7, 11) is 1.56. The lowest BCUT2D eigenvalue weighted by Crippen LogP contribution is -2.54. The van der Waals surface area contributed by atoms with Gasteiger partial charge in [0.15, 0.2) is 0 Å². The fourth-order valence-electron chi connectivity index (χ4n) is 8.88. The van der Waals surface area contributed by atoms with E-state index in [-0.39, 0.29) is 23.4 Å². The number of esters is 1. The molecule has 0 heterocycles. The highest BCUT2D eigenvalue weighted by atomic mass is 16.5. The van der Waals surface area contributed by atoms with Gasteiger partial charge in [-0.25, -0.2) is 0 Å². The first-order valence-electron chi connectivity index (χ1n) is 12.6. The Labute approximate surface area is 184 Å². The first-order chi connectivity index (χ1) is 14.2. The predicted octanol–water partition coefficient (Wildman–Crippen LogP) is 6.15. The van der Waals surface area contributed by atoms with Gasteiger partial charge in [-0.15, -0.1) is 0 Å². The standard InChI is InChI=1S/C27H44O3/c1-17(2)6-8-21(25(29)30-5)23-11-10-22-20-9-7-18-16-19(28)12-14-26(18,3)24(20)13-15-27(22,23)4/h6,18-24,28H,7-16H2,1-5H3/t18-,19-,20-,21+,22-,23+,24-,26-,27-/m0/s1. The van der Waals surface area contributed by atoms with Crippen LogP contribution in [0.5, 0.6) is 0 Å². The van der Waals surface area contributed by atoms with Crippen molar-refractivity contribution in [3.63, 3.8) is 0 Å². The zero-order valence-corrected chi connectivity index (χ0v) is 20.0. The van der Waals surface area contributed by atoms with Crippen LogP contribution in [0.4, 0.5) is 0 Å². The Hall–Kier alpha value is -0.830. The summed E-state index contributed by atoms with van der Waals surface area (Å²) in [5.41, 5.74) is 1.98. The van der Waals surface area contributed by atoms with E-state index >= 15 is 0 Å². The van der Waals surface area contributed by atoms with E-state index in [2.05, 4.69) is 33.8 Å². The van der Waals surface area contributed by atoms with Gasteiger partial charge in [-0.05, 0) is 118 Å². The number of carbonyl (C=O) groups excluding carboxylic acids is 1. The van der Waals surface area contributed by atoms with Gasteiger partial charge in [0, 0.05) is 0 Å². The van der Waals surface area contributed by atoms with Crippen molar-refractivity contribution in [1.82, 2.24) is 0 Å². The quantitative estimate of drug-likeness (QED) is 0.441. The van der Waals surface area contributed by atoms with Gasteiger partial charge >= 0.3 is 5.97 Å². The van der Waals surface area contributed by atoms with Gasteiger partial charge in [0.1, 0.15) is 0 Å². The number of rotatable bonds is 4. The Morgan fingerprint density at radius 1 is 1.03 bits per heavy atom. The predicted molar refractivity (Wildman–Crippen MR) is 121 cm³/mol. The lowest BCUT2D eigenvalue weighted by atomic mass is 9.44. The van der Waals surface area contributed by atoms with E-state index in [1.165, 1.54) is 50.5 Å². The van der Waals surface area contributed by atoms with Gasteiger partial charge in [-0.3, -0.25) is 4.79 Å². The molecular weight excluding hydrogens is 372 g/mol. The second-order valence-corrected chi connectivity index (χ2v) is 12.0. The molecule has 170 valence electrons. The number of ether oxygens (including phenoxy) is 1. The summed E-state index contributed by atoms with van der Waals surface area (Å²) in [5, 5.41) is 10.3. The molecule has 0 spiro atoms. The fourth-order valence-corrected chi connectivity index (χ4v) is 8.88. The summed E-state index contributed by atoms with van der Waals surface area (Å²) in [6.45, 7) is 9.32. The summed E-state index contributed by atoms with van der Waals surface area (Å²) < 4.78 is 5.29. The largest absolute Gasteiger partial charge is 0.469 e. The maximum absolute atomic E-state index is 12.8. The third-order valence-corrected chi connectivity index (χ3v) is 10.5. The second-order valence-electron chi connectivity index (χ2n) is 12.0. The number of aliphatic hydroxyl groups is 1. The maximum Gasteiger partial charge on any atom is 0.309 e. The molecule has 3 nitrogen and oxygen atoms in total. The molecule has 4 saturated carbocycles. The number of hydrogen-bond acceptors (Lipinski definition) is 3. The highest BCUT2D eigenvalue weighted by molar-refractivity contribution is 5.73. The zero-order chi connectivity index (χ0) is 21.7. The van der Waals surface area contributed by atoms with Gasteiger partial charge in [0.25, 0.3) is 0 Å². The van der Waals surface area contributed by atoms with Crippen LogP contribution in [0, 0.1) is 46.3 Å². The highest BCUT2D eigenvalue weighted by Crippen LogP contribution is 2.68. The van der Waals surface area contributed by atoms with Crippen molar-refractivity contribution >= 4 is 5.97 Å². The molecule has 0 aromatic rings. The van der Waals surface area contributed by atoms with Crippen LogP contribution in [0.2, 0.25) is 0 Å². The van der Waals surface area contributed by atoms with E-state index in [0.29, 0.717) is 17.3 Å². The number of fused-ring (bicyclic) bond motifs is 5. The van der Waals surface area contributed by atoms with Crippen molar-refractivity contribution in [3.8, 4) is 0 Å². The van der Waals surface area contributed by atoms with Crippen LogP contribution in [0.1, 0.15) is 91.9 Å². The normalized spacial score (nSPS) is 46.2.